The number of hydrogen-bond donors (Lipinski definition) is 0. The number of halogens is 2. The minimum absolute atomic E-state index is 0.773. The maximum absolute atomic E-state index is 5.82. The van der Waals surface area contributed by atoms with Gasteiger partial charge in [-0.05, 0) is 24.3 Å². The summed E-state index contributed by atoms with van der Waals surface area (Å²) in [5.74, 6) is 0. The van der Waals surface area contributed by atoms with Crippen LogP contribution in [0.4, 0.5) is 0 Å². The molecule has 0 nitrogen and oxygen atoms in total. The van der Waals surface area contributed by atoms with Gasteiger partial charge in [-0.2, -0.15) is 0 Å². The van der Waals surface area contributed by atoms with Gasteiger partial charge in [0.2, 0.25) is 0 Å². The van der Waals surface area contributed by atoms with Crippen LogP contribution in [0.1, 0.15) is 0 Å². The molecule has 0 aliphatic carbocycles. The Kier molecular flexibility index (Phi) is 3.35. The van der Waals surface area contributed by atoms with Crippen molar-refractivity contribution in [1.82, 2.24) is 0 Å². The van der Waals surface area contributed by atoms with Crippen LogP contribution in [-0.2, 0) is 0 Å². The van der Waals surface area contributed by atoms with E-state index >= 15 is 0 Å². The van der Waals surface area contributed by atoms with Crippen LogP contribution in [0.25, 0.3) is 0 Å². The molecular weight excluding hydrogens is 226 g/mol. The van der Waals surface area contributed by atoms with Gasteiger partial charge in [0.25, 0.3) is 0 Å². The summed E-state index contributed by atoms with van der Waals surface area (Å²) in [4.78, 5) is 0. The Labute approximate surface area is 100 Å². The second-order valence-corrected chi connectivity index (χ2v) is 4.30. The molecule has 0 amide bonds. The van der Waals surface area contributed by atoms with Crippen molar-refractivity contribution in [2.45, 2.75) is 0 Å². The van der Waals surface area contributed by atoms with Gasteiger partial charge < -0.3 is 0 Å². The highest BCUT2D eigenvalue weighted by Gasteiger charge is 1.98. The van der Waals surface area contributed by atoms with Gasteiger partial charge in [-0.15, -0.1) is 0 Å². The van der Waals surface area contributed by atoms with Crippen molar-refractivity contribution in [3.63, 3.8) is 0 Å². The van der Waals surface area contributed by atoms with E-state index in [-0.39, 0.29) is 0 Å². The molecule has 2 aromatic carbocycles. The topological polar surface area (TPSA) is 0 Å². The van der Waals surface area contributed by atoms with Crippen molar-refractivity contribution in [3.05, 3.63) is 58.6 Å². The fourth-order valence-corrected chi connectivity index (χ4v) is 1.69. The lowest BCUT2D eigenvalue weighted by Gasteiger charge is -2.00. The fourth-order valence-electron chi connectivity index (χ4n) is 1.44. The van der Waals surface area contributed by atoms with Gasteiger partial charge in [-0.1, -0.05) is 58.4 Å². The monoisotopic (exact) mass is 234 g/mol. The fraction of sp³-hybridized carbons (Fsp3) is 0. The average molecular weight is 235 g/mol. The summed E-state index contributed by atoms with van der Waals surface area (Å²) in [6.07, 6.45) is 0. The highest BCUT2D eigenvalue weighted by atomic mass is 35.5. The quantitative estimate of drug-likeness (QED) is 0.701. The smallest absolute Gasteiger partial charge is 0.0843 e. The minimum atomic E-state index is 0.773. The molecule has 0 saturated carbocycles. The summed E-state index contributed by atoms with van der Waals surface area (Å²) in [6.45, 7) is 0. The van der Waals surface area contributed by atoms with E-state index in [9.17, 15) is 0 Å². The minimum Gasteiger partial charge on any atom is -0.0843 e. The van der Waals surface area contributed by atoms with Gasteiger partial charge in [0.1, 0.15) is 0 Å². The third-order valence-electron chi connectivity index (χ3n) is 2.23. The first-order valence-electron chi connectivity index (χ1n) is 4.73. The Balaban J connectivity index is 2.15. The molecule has 0 unspecified atom stereocenters. The first-order valence-corrected chi connectivity index (χ1v) is 5.48. The summed E-state index contributed by atoms with van der Waals surface area (Å²) in [5.41, 5.74) is 2.50. The van der Waals surface area contributed by atoms with E-state index in [1.807, 2.05) is 48.5 Å². The van der Waals surface area contributed by atoms with Gasteiger partial charge in [0.05, 0.1) is 0 Å². The molecular formula is C12H9BCl2. The summed E-state index contributed by atoms with van der Waals surface area (Å²) >= 11 is 11.6. The zero-order chi connectivity index (χ0) is 10.7. The molecule has 74 valence electrons. The number of benzene rings is 2. The first kappa shape index (κ1) is 10.6. The molecule has 0 aliphatic heterocycles. The van der Waals surface area contributed by atoms with Gasteiger partial charge in [0.15, 0.2) is 7.28 Å². The van der Waals surface area contributed by atoms with E-state index in [0.29, 0.717) is 0 Å². The normalized spacial score (nSPS) is 10.0. The molecule has 15 heavy (non-hydrogen) atoms. The van der Waals surface area contributed by atoms with Crippen LogP contribution in [0.3, 0.4) is 0 Å². The van der Waals surface area contributed by atoms with Crippen molar-refractivity contribution in [3.8, 4) is 0 Å². The Hall–Kier alpha value is -0.915. The van der Waals surface area contributed by atoms with Crippen molar-refractivity contribution >= 4 is 41.4 Å². The standard InChI is InChI=1S/C12H9BCl2/c14-11-5-1-9(2-6-11)13-10-3-7-12(15)8-4-10/h1-8,13H. The Morgan fingerprint density at radius 1 is 0.600 bits per heavy atom. The van der Waals surface area contributed by atoms with Crippen molar-refractivity contribution in [1.29, 1.82) is 0 Å². The molecule has 0 bridgehead atoms. The van der Waals surface area contributed by atoms with E-state index in [4.69, 9.17) is 23.2 Å². The highest BCUT2D eigenvalue weighted by Crippen LogP contribution is 2.04. The molecule has 0 spiro atoms. The molecule has 0 saturated heterocycles. The van der Waals surface area contributed by atoms with E-state index in [1.165, 1.54) is 10.9 Å². The van der Waals surface area contributed by atoms with Gasteiger partial charge in [-0.25, -0.2) is 0 Å². The summed E-state index contributed by atoms with van der Waals surface area (Å²) in [6, 6.07) is 15.8. The molecule has 0 aliphatic rings. The Morgan fingerprint density at radius 2 is 0.933 bits per heavy atom. The molecule has 0 aromatic heterocycles. The predicted molar refractivity (Wildman–Crippen MR) is 69.3 cm³/mol. The molecule has 0 fully saturated rings. The Bertz CT molecular complexity index is 391. The lowest BCUT2D eigenvalue weighted by atomic mass is 9.64. The maximum atomic E-state index is 5.82. The third kappa shape index (κ3) is 3.02. The third-order valence-corrected chi connectivity index (χ3v) is 2.74. The summed E-state index contributed by atoms with van der Waals surface area (Å²) in [5, 5.41) is 1.55. The number of hydrogen-bond acceptors (Lipinski definition) is 0. The molecule has 0 heterocycles. The zero-order valence-corrected chi connectivity index (χ0v) is 9.59. The van der Waals surface area contributed by atoms with Crippen LogP contribution in [0.5, 0.6) is 0 Å². The maximum Gasteiger partial charge on any atom is 0.192 e. The van der Waals surface area contributed by atoms with Crippen molar-refractivity contribution in [2.24, 2.45) is 0 Å². The number of rotatable bonds is 2. The molecule has 0 atom stereocenters. The van der Waals surface area contributed by atoms with Gasteiger partial charge in [-0.3, -0.25) is 0 Å². The average Bonchev–Trinajstić information content (AvgIpc) is 2.25. The zero-order valence-electron chi connectivity index (χ0n) is 8.08. The molecule has 2 rings (SSSR count). The van der Waals surface area contributed by atoms with E-state index in [1.54, 1.807) is 0 Å². The lowest BCUT2D eigenvalue weighted by Crippen LogP contribution is -2.26. The van der Waals surface area contributed by atoms with Crippen molar-refractivity contribution in [2.75, 3.05) is 0 Å². The van der Waals surface area contributed by atoms with Crippen LogP contribution in [0.15, 0.2) is 48.5 Å². The van der Waals surface area contributed by atoms with Gasteiger partial charge >= 0.3 is 0 Å². The summed E-state index contributed by atoms with van der Waals surface area (Å²) < 4.78 is 0. The second kappa shape index (κ2) is 4.74. The molecule has 3 heteroatoms. The van der Waals surface area contributed by atoms with Gasteiger partial charge in [0, 0.05) is 10.0 Å². The molecule has 0 N–H and O–H groups in total. The van der Waals surface area contributed by atoms with E-state index in [2.05, 4.69) is 0 Å². The van der Waals surface area contributed by atoms with E-state index in [0.717, 1.165) is 17.3 Å². The molecule has 2 aromatic rings. The SMILES string of the molecule is Clc1ccc(Bc2ccc(Cl)cc2)cc1. The van der Waals surface area contributed by atoms with Crippen LogP contribution in [0, 0.1) is 0 Å². The summed E-state index contributed by atoms with van der Waals surface area (Å²) in [7, 11) is 0.911. The van der Waals surface area contributed by atoms with Crippen LogP contribution in [-0.4, -0.2) is 7.28 Å². The van der Waals surface area contributed by atoms with Crippen LogP contribution >= 0.6 is 23.2 Å². The second-order valence-electron chi connectivity index (χ2n) is 3.43. The largest absolute Gasteiger partial charge is 0.192 e. The lowest BCUT2D eigenvalue weighted by molar-refractivity contribution is 1.74. The highest BCUT2D eigenvalue weighted by molar-refractivity contribution is 6.67. The Morgan fingerprint density at radius 3 is 1.27 bits per heavy atom. The van der Waals surface area contributed by atoms with E-state index < -0.39 is 0 Å². The first-order chi connectivity index (χ1) is 7.24. The molecule has 0 radical (unpaired) electrons. The predicted octanol–water partition coefficient (Wildman–Crippen LogP) is 2.38. The van der Waals surface area contributed by atoms with Crippen LogP contribution < -0.4 is 10.9 Å². The van der Waals surface area contributed by atoms with Crippen molar-refractivity contribution < 1.29 is 0 Å². The van der Waals surface area contributed by atoms with Crippen LogP contribution in [0.2, 0.25) is 10.0 Å².